The van der Waals surface area contributed by atoms with Gasteiger partial charge < -0.3 is 4.90 Å². The van der Waals surface area contributed by atoms with Crippen LogP contribution in [0.15, 0.2) is 210 Å². The number of benzene rings is 8. The van der Waals surface area contributed by atoms with Gasteiger partial charge in [0.15, 0.2) is 8.07 Å². The van der Waals surface area contributed by atoms with Gasteiger partial charge in [0, 0.05) is 26.9 Å². The van der Waals surface area contributed by atoms with E-state index in [0.29, 0.717) is 0 Å². The zero-order chi connectivity index (χ0) is 33.8. The maximum atomic E-state index is 2.53. The van der Waals surface area contributed by atoms with Crippen molar-refractivity contribution in [3.8, 4) is 33.4 Å². The Morgan fingerprint density at radius 3 is 1.37 bits per heavy atom. The largest absolute Gasteiger partial charge is 0.311 e. The van der Waals surface area contributed by atoms with E-state index in [4.69, 9.17) is 0 Å². The molecule has 0 aromatic heterocycles. The van der Waals surface area contributed by atoms with Crippen LogP contribution < -0.4 is 25.6 Å². The molecular weight excluding hydrogens is 651 g/mol. The molecule has 8 aromatic rings. The van der Waals surface area contributed by atoms with Crippen molar-refractivity contribution in [1.82, 2.24) is 0 Å². The van der Waals surface area contributed by atoms with Gasteiger partial charge in [0.1, 0.15) is 0 Å². The van der Waals surface area contributed by atoms with Gasteiger partial charge in [0.05, 0.1) is 0 Å². The van der Waals surface area contributed by atoms with Gasteiger partial charge in [-0.15, -0.1) is 0 Å². The lowest BCUT2D eigenvalue weighted by molar-refractivity contribution is 1.28. The molecule has 3 heteroatoms. The van der Waals surface area contributed by atoms with Gasteiger partial charge in [-0.3, -0.25) is 0 Å². The van der Waals surface area contributed by atoms with E-state index in [2.05, 4.69) is 205 Å². The Morgan fingerprint density at radius 1 is 0.314 bits per heavy atom. The molecule has 0 bridgehead atoms. The van der Waals surface area contributed by atoms with Crippen LogP contribution in [0.5, 0.6) is 0 Å². The van der Waals surface area contributed by atoms with Crippen molar-refractivity contribution in [2.24, 2.45) is 0 Å². The molecule has 0 atom stereocenters. The van der Waals surface area contributed by atoms with Crippen LogP contribution in [0.2, 0.25) is 0 Å². The number of nitrogens with zero attached hydrogens (tertiary/aromatic N) is 1. The average molecular weight is 684 g/mol. The first kappa shape index (κ1) is 30.0. The minimum Gasteiger partial charge on any atom is -0.311 e. The standard InChI is InChI=1S/C48H33NSSi/c1-3-13-34(14-4-1)35-23-28-39(29-24-35)49(38-15-5-2-6-16-38)40-30-25-36(26-31-40)37-27-32-42-41-17-7-10-20-45(41)51(48(42)33-37)46-21-11-8-18-43(46)50-44-19-9-12-22-47(44)51/h1-33H. The molecule has 1 spiro atoms. The van der Waals surface area contributed by atoms with Crippen LogP contribution in [0, 0.1) is 0 Å². The molecule has 0 aliphatic carbocycles. The molecule has 0 unspecified atom stereocenters. The summed E-state index contributed by atoms with van der Waals surface area (Å²) in [6.07, 6.45) is 0. The number of fused-ring (bicyclic) bond motifs is 9. The highest BCUT2D eigenvalue weighted by atomic mass is 32.2. The Labute approximate surface area is 304 Å². The van der Waals surface area contributed by atoms with E-state index in [9.17, 15) is 0 Å². The van der Waals surface area contributed by atoms with E-state index >= 15 is 0 Å². The summed E-state index contributed by atoms with van der Waals surface area (Å²) in [6.45, 7) is 0. The van der Waals surface area contributed by atoms with Crippen LogP contribution in [-0.4, -0.2) is 8.07 Å². The molecule has 51 heavy (non-hydrogen) atoms. The number of hydrogen-bond donors (Lipinski definition) is 0. The Kier molecular flexibility index (Phi) is 7.16. The minimum absolute atomic E-state index is 1.13. The zero-order valence-corrected chi connectivity index (χ0v) is 29.7. The van der Waals surface area contributed by atoms with Crippen molar-refractivity contribution in [1.29, 1.82) is 0 Å². The maximum absolute atomic E-state index is 2.54. The Hall–Kier alpha value is -5.87. The zero-order valence-electron chi connectivity index (χ0n) is 27.9. The Bertz CT molecular complexity index is 2500. The number of hydrogen-bond acceptors (Lipinski definition) is 2. The molecule has 2 aliphatic rings. The first-order chi connectivity index (χ1) is 25.3. The molecule has 240 valence electrons. The maximum Gasteiger partial charge on any atom is 0.183 e. The van der Waals surface area contributed by atoms with Gasteiger partial charge in [-0.1, -0.05) is 163 Å². The van der Waals surface area contributed by atoms with Crippen LogP contribution in [-0.2, 0) is 0 Å². The smallest absolute Gasteiger partial charge is 0.183 e. The molecular formula is C48H33NSSi. The van der Waals surface area contributed by atoms with Crippen molar-refractivity contribution in [2.45, 2.75) is 9.79 Å². The lowest BCUT2D eigenvalue weighted by atomic mass is 10.00. The summed E-state index contributed by atoms with van der Waals surface area (Å²) in [7, 11) is -2.54. The topological polar surface area (TPSA) is 3.24 Å². The minimum atomic E-state index is -2.54. The van der Waals surface area contributed by atoms with E-state index in [1.54, 1.807) is 0 Å². The molecule has 2 aliphatic heterocycles. The molecule has 0 saturated carbocycles. The highest BCUT2D eigenvalue weighted by Gasteiger charge is 2.52. The van der Waals surface area contributed by atoms with Gasteiger partial charge in [0.2, 0.25) is 0 Å². The first-order valence-corrected chi connectivity index (χ1v) is 20.3. The van der Waals surface area contributed by atoms with E-state index in [1.165, 1.54) is 63.9 Å². The lowest BCUT2D eigenvalue weighted by Gasteiger charge is -2.37. The molecule has 8 aromatic carbocycles. The Balaban J connectivity index is 1.09. The van der Waals surface area contributed by atoms with Crippen molar-refractivity contribution < 1.29 is 0 Å². The van der Waals surface area contributed by atoms with Crippen molar-refractivity contribution in [3.05, 3.63) is 200 Å². The summed E-state index contributed by atoms with van der Waals surface area (Å²) in [4.78, 5) is 5.11. The van der Waals surface area contributed by atoms with Gasteiger partial charge in [0.25, 0.3) is 0 Å². The molecule has 0 N–H and O–H groups in total. The lowest BCUT2D eigenvalue weighted by Crippen LogP contribution is -2.74. The third-order valence-corrected chi connectivity index (χ3v) is 17.0. The van der Waals surface area contributed by atoms with Gasteiger partial charge in [-0.25, -0.2) is 0 Å². The quantitative estimate of drug-likeness (QED) is 0.166. The summed E-state index contributed by atoms with van der Waals surface area (Å²) in [5, 5.41) is 6.01. The SMILES string of the molecule is c1ccc(-c2ccc(N(c3ccccc3)c3ccc(-c4ccc5c(c4)[Si]4(c6ccccc6Sc6ccccc64)c4ccccc4-5)cc3)cc2)cc1. The molecule has 1 nitrogen and oxygen atoms in total. The molecule has 0 radical (unpaired) electrons. The fourth-order valence-electron chi connectivity index (χ4n) is 8.29. The second kappa shape index (κ2) is 12.2. The molecule has 2 heterocycles. The van der Waals surface area contributed by atoms with Crippen LogP contribution in [0.1, 0.15) is 0 Å². The van der Waals surface area contributed by atoms with Crippen LogP contribution in [0.25, 0.3) is 33.4 Å². The third kappa shape index (κ3) is 4.77. The van der Waals surface area contributed by atoms with Gasteiger partial charge in [-0.2, -0.15) is 0 Å². The fourth-order valence-corrected chi connectivity index (χ4v) is 15.7. The van der Waals surface area contributed by atoms with Gasteiger partial charge in [-0.05, 0) is 103 Å². The van der Waals surface area contributed by atoms with Crippen molar-refractivity contribution in [3.63, 3.8) is 0 Å². The number of rotatable bonds is 5. The van der Waals surface area contributed by atoms with E-state index < -0.39 is 8.07 Å². The predicted molar refractivity (Wildman–Crippen MR) is 219 cm³/mol. The van der Waals surface area contributed by atoms with Gasteiger partial charge >= 0.3 is 0 Å². The summed E-state index contributed by atoms with van der Waals surface area (Å²) < 4.78 is 0. The van der Waals surface area contributed by atoms with Crippen molar-refractivity contribution in [2.75, 3.05) is 4.90 Å². The molecule has 0 saturated heterocycles. The second-order valence-electron chi connectivity index (χ2n) is 13.3. The highest BCUT2D eigenvalue weighted by molar-refractivity contribution is 8.00. The molecule has 10 rings (SSSR count). The van der Waals surface area contributed by atoms with Crippen LogP contribution in [0.4, 0.5) is 17.1 Å². The number of para-hydroxylation sites is 1. The first-order valence-electron chi connectivity index (χ1n) is 17.5. The molecule has 0 amide bonds. The van der Waals surface area contributed by atoms with Crippen LogP contribution in [0.3, 0.4) is 0 Å². The summed E-state index contributed by atoms with van der Waals surface area (Å²) in [5.74, 6) is 0. The fraction of sp³-hybridized carbons (Fsp3) is 0. The van der Waals surface area contributed by atoms with Crippen LogP contribution >= 0.6 is 11.8 Å². The van der Waals surface area contributed by atoms with E-state index in [0.717, 1.165) is 17.1 Å². The average Bonchev–Trinajstić information content (AvgIpc) is 3.49. The monoisotopic (exact) mass is 683 g/mol. The third-order valence-electron chi connectivity index (χ3n) is 10.6. The normalized spacial score (nSPS) is 13.2. The summed E-state index contributed by atoms with van der Waals surface area (Å²) >= 11 is 1.92. The predicted octanol–water partition coefficient (Wildman–Crippen LogP) is 10.3. The van der Waals surface area contributed by atoms with E-state index in [1.807, 2.05) is 11.8 Å². The van der Waals surface area contributed by atoms with Crippen molar-refractivity contribution >= 4 is 57.6 Å². The number of anilines is 3. The second-order valence-corrected chi connectivity index (χ2v) is 18.0. The van der Waals surface area contributed by atoms with E-state index in [-0.39, 0.29) is 0 Å². The summed E-state index contributed by atoms with van der Waals surface area (Å²) in [5.41, 5.74) is 11.1. The summed E-state index contributed by atoms with van der Waals surface area (Å²) in [6, 6.07) is 74.0. The highest BCUT2D eigenvalue weighted by Crippen LogP contribution is 2.40. The Morgan fingerprint density at radius 2 is 0.745 bits per heavy atom. The molecule has 0 fully saturated rings.